The van der Waals surface area contributed by atoms with Crippen LogP contribution < -0.4 is 10.5 Å². The number of thiazole rings is 1. The maximum Gasteiger partial charge on any atom is 0.243 e. The number of hydrogen-bond acceptors (Lipinski definition) is 5. The summed E-state index contributed by atoms with van der Waals surface area (Å²) in [5, 5.41) is 0. The summed E-state index contributed by atoms with van der Waals surface area (Å²) in [5.41, 5.74) is 8.75. The van der Waals surface area contributed by atoms with E-state index in [9.17, 15) is 12.8 Å². The number of aromatic nitrogens is 1. The minimum atomic E-state index is -3.95. The molecule has 108 valence electrons. The summed E-state index contributed by atoms with van der Waals surface area (Å²) in [6.45, 7) is 3.47. The molecule has 2 rings (SSSR count). The maximum atomic E-state index is 13.8. The van der Waals surface area contributed by atoms with Crippen LogP contribution in [0.3, 0.4) is 0 Å². The molecule has 0 amide bonds. The van der Waals surface area contributed by atoms with Crippen LogP contribution in [0.5, 0.6) is 0 Å². The molecule has 0 bridgehead atoms. The molecule has 0 radical (unpaired) electrons. The average molecular weight is 315 g/mol. The van der Waals surface area contributed by atoms with Crippen LogP contribution in [0.4, 0.5) is 10.1 Å². The molecular weight excluding hydrogens is 301 g/mol. The van der Waals surface area contributed by atoms with Gasteiger partial charge in [0.05, 0.1) is 11.2 Å². The minimum absolute atomic E-state index is 0.0755. The highest BCUT2D eigenvalue weighted by atomic mass is 32.2. The van der Waals surface area contributed by atoms with Crippen LogP contribution in [0.2, 0.25) is 0 Å². The lowest BCUT2D eigenvalue weighted by Crippen LogP contribution is -2.24. The molecule has 2 aromatic rings. The maximum absolute atomic E-state index is 13.8. The first kappa shape index (κ1) is 14.9. The van der Waals surface area contributed by atoms with Crippen molar-refractivity contribution in [1.82, 2.24) is 9.71 Å². The van der Waals surface area contributed by atoms with E-state index in [1.807, 2.05) is 0 Å². The third kappa shape index (κ3) is 2.97. The number of nitrogens with one attached hydrogen (secondary N) is 1. The van der Waals surface area contributed by atoms with Crippen molar-refractivity contribution in [3.63, 3.8) is 0 Å². The fraction of sp³-hybridized carbons (Fsp3) is 0.250. The number of halogens is 1. The molecule has 0 unspecified atom stereocenters. The fourth-order valence-electron chi connectivity index (χ4n) is 1.61. The molecule has 0 saturated carbocycles. The van der Waals surface area contributed by atoms with E-state index >= 15 is 0 Å². The predicted octanol–water partition coefficient (Wildman–Crippen LogP) is 1.96. The molecule has 8 heteroatoms. The van der Waals surface area contributed by atoms with Crippen LogP contribution >= 0.6 is 11.3 Å². The van der Waals surface area contributed by atoms with Crippen LogP contribution in [0.1, 0.15) is 16.1 Å². The van der Waals surface area contributed by atoms with E-state index in [4.69, 9.17) is 5.73 Å². The highest BCUT2D eigenvalue weighted by molar-refractivity contribution is 7.89. The first-order valence-corrected chi connectivity index (χ1v) is 8.12. The van der Waals surface area contributed by atoms with E-state index in [1.54, 1.807) is 19.4 Å². The number of nitrogen functional groups attached to an aromatic ring is 1. The number of nitrogens with zero attached hydrogens (tertiary/aromatic N) is 1. The Morgan fingerprint density at radius 3 is 2.70 bits per heavy atom. The average Bonchev–Trinajstić information content (AvgIpc) is 2.77. The van der Waals surface area contributed by atoms with Gasteiger partial charge < -0.3 is 5.73 Å². The zero-order valence-electron chi connectivity index (χ0n) is 11.0. The molecule has 20 heavy (non-hydrogen) atoms. The summed E-state index contributed by atoms with van der Waals surface area (Å²) < 4.78 is 40.3. The van der Waals surface area contributed by atoms with Crippen LogP contribution in [0, 0.1) is 19.7 Å². The number of rotatable bonds is 4. The lowest BCUT2D eigenvalue weighted by Gasteiger charge is -2.09. The van der Waals surface area contributed by atoms with E-state index in [-0.39, 0.29) is 12.2 Å². The topological polar surface area (TPSA) is 85.1 Å². The van der Waals surface area contributed by atoms with E-state index in [2.05, 4.69) is 9.71 Å². The monoisotopic (exact) mass is 315 g/mol. The predicted molar refractivity (Wildman–Crippen MR) is 76.4 cm³/mol. The fourth-order valence-corrected chi connectivity index (χ4v) is 3.50. The van der Waals surface area contributed by atoms with Gasteiger partial charge >= 0.3 is 0 Å². The Morgan fingerprint density at radius 2 is 2.10 bits per heavy atom. The van der Waals surface area contributed by atoms with E-state index in [1.165, 1.54) is 11.3 Å². The second kappa shape index (κ2) is 5.47. The number of hydrogen-bond donors (Lipinski definition) is 2. The summed E-state index contributed by atoms with van der Waals surface area (Å²) in [6.07, 6.45) is 0. The van der Waals surface area contributed by atoms with Crippen molar-refractivity contribution in [2.24, 2.45) is 0 Å². The normalized spacial score (nSPS) is 11.8. The van der Waals surface area contributed by atoms with Crippen LogP contribution in [0.25, 0.3) is 0 Å². The van der Waals surface area contributed by atoms with Crippen LogP contribution in [-0.2, 0) is 16.6 Å². The number of aryl methyl sites for hydroxylation is 2. The van der Waals surface area contributed by atoms with Crippen molar-refractivity contribution < 1.29 is 12.8 Å². The molecule has 0 spiro atoms. The Kier molecular flexibility index (Phi) is 4.07. The second-order valence-electron chi connectivity index (χ2n) is 4.32. The van der Waals surface area contributed by atoms with E-state index < -0.39 is 20.7 Å². The molecule has 1 aromatic heterocycles. The van der Waals surface area contributed by atoms with Crippen LogP contribution in [-0.4, -0.2) is 13.4 Å². The first-order valence-electron chi connectivity index (χ1n) is 5.75. The van der Waals surface area contributed by atoms with Gasteiger partial charge in [0.1, 0.15) is 10.7 Å². The zero-order chi connectivity index (χ0) is 14.9. The first-order chi connectivity index (χ1) is 9.31. The third-order valence-electron chi connectivity index (χ3n) is 2.88. The van der Waals surface area contributed by atoms with Gasteiger partial charge in [0.15, 0.2) is 0 Å². The van der Waals surface area contributed by atoms with Gasteiger partial charge in [-0.3, -0.25) is 0 Å². The zero-order valence-corrected chi connectivity index (χ0v) is 12.6. The minimum Gasteiger partial charge on any atom is -0.398 e. The molecular formula is C12H14FN3O2S2. The summed E-state index contributed by atoms with van der Waals surface area (Å²) in [7, 11) is -3.95. The molecule has 0 fully saturated rings. The summed E-state index contributed by atoms with van der Waals surface area (Å²) in [6, 6.07) is 2.24. The smallest absolute Gasteiger partial charge is 0.243 e. The largest absolute Gasteiger partial charge is 0.398 e. The quantitative estimate of drug-likeness (QED) is 0.845. The van der Waals surface area contributed by atoms with Crippen molar-refractivity contribution >= 4 is 27.0 Å². The molecule has 0 atom stereocenters. The van der Waals surface area contributed by atoms with Gasteiger partial charge in [0.25, 0.3) is 0 Å². The Hall–Kier alpha value is -1.51. The molecule has 0 aliphatic heterocycles. The van der Waals surface area contributed by atoms with E-state index in [0.717, 1.165) is 22.7 Å². The number of nitrogens with two attached hydrogens (primary N) is 1. The van der Waals surface area contributed by atoms with E-state index in [0.29, 0.717) is 5.56 Å². The summed E-state index contributed by atoms with van der Waals surface area (Å²) in [5.74, 6) is -0.815. The number of benzene rings is 1. The van der Waals surface area contributed by atoms with Crippen molar-refractivity contribution in [2.45, 2.75) is 25.3 Å². The van der Waals surface area contributed by atoms with Crippen molar-refractivity contribution in [3.8, 4) is 0 Å². The lowest BCUT2D eigenvalue weighted by molar-refractivity contribution is 0.557. The SMILES string of the molecule is Cc1cc(F)c(S(=O)(=O)NCc2scnc2C)cc1N. The van der Waals surface area contributed by atoms with Gasteiger partial charge in [-0.15, -0.1) is 11.3 Å². The second-order valence-corrected chi connectivity index (χ2v) is 7.00. The van der Waals surface area contributed by atoms with Gasteiger partial charge in [0.2, 0.25) is 10.0 Å². The van der Waals surface area contributed by atoms with Crippen LogP contribution in [0.15, 0.2) is 22.5 Å². The molecule has 3 N–H and O–H groups in total. The summed E-state index contributed by atoms with van der Waals surface area (Å²) >= 11 is 1.34. The van der Waals surface area contributed by atoms with Gasteiger partial charge in [0, 0.05) is 17.1 Å². The lowest BCUT2D eigenvalue weighted by atomic mass is 10.2. The van der Waals surface area contributed by atoms with Crippen molar-refractivity contribution in [2.75, 3.05) is 5.73 Å². The van der Waals surface area contributed by atoms with Gasteiger partial charge in [-0.2, -0.15) is 0 Å². The highest BCUT2D eigenvalue weighted by Gasteiger charge is 2.20. The molecule has 0 saturated heterocycles. The Balaban J connectivity index is 2.27. The highest BCUT2D eigenvalue weighted by Crippen LogP contribution is 2.22. The Labute approximate surface area is 120 Å². The number of anilines is 1. The van der Waals surface area contributed by atoms with Gasteiger partial charge in [-0.05, 0) is 31.5 Å². The molecule has 0 aliphatic rings. The number of sulfonamides is 1. The van der Waals surface area contributed by atoms with Gasteiger partial charge in [-0.1, -0.05) is 0 Å². The Morgan fingerprint density at radius 1 is 1.40 bits per heavy atom. The third-order valence-corrected chi connectivity index (χ3v) is 5.23. The molecule has 0 aliphatic carbocycles. The molecule has 1 aromatic carbocycles. The van der Waals surface area contributed by atoms with Gasteiger partial charge in [-0.25, -0.2) is 22.5 Å². The summed E-state index contributed by atoms with van der Waals surface area (Å²) in [4.78, 5) is 4.37. The van der Waals surface area contributed by atoms with Crippen molar-refractivity contribution in [3.05, 3.63) is 39.6 Å². The molecule has 1 heterocycles. The standard InChI is InChI=1S/C12H14FN3O2S2/c1-7-3-9(13)12(4-10(7)14)20(17,18)16-5-11-8(2)15-6-19-11/h3-4,6,16H,5,14H2,1-2H3. The molecule has 5 nitrogen and oxygen atoms in total. The van der Waals surface area contributed by atoms with Crippen molar-refractivity contribution in [1.29, 1.82) is 0 Å². The Bertz CT molecular complexity index is 741.